The van der Waals surface area contributed by atoms with Crippen LogP contribution in [0, 0.1) is 0 Å². The zero-order valence-corrected chi connectivity index (χ0v) is 19.6. The molecule has 0 aromatic rings. The van der Waals surface area contributed by atoms with Gasteiger partial charge in [0.15, 0.2) is 10.1 Å². The summed E-state index contributed by atoms with van der Waals surface area (Å²) in [7, 11) is -8.42. The molecular formula is C11F23NaO3S. The molecule has 0 spiro atoms. The first kappa shape index (κ1) is 40.4. The largest absolute Gasteiger partial charge is 1.00 e. The van der Waals surface area contributed by atoms with Crippen molar-refractivity contribution in [1.82, 2.24) is 0 Å². The van der Waals surface area contributed by atoms with Crippen LogP contribution >= 0.6 is 0 Å². The second kappa shape index (κ2) is 9.67. The molecule has 0 saturated heterocycles. The van der Waals surface area contributed by atoms with Gasteiger partial charge in [0.2, 0.25) is 0 Å². The molecule has 0 aliphatic carbocycles. The third-order valence-electron chi connectivity index (χ3n) is 4.19. The Hall–Kier alpha value is -0.700. The van der Waals surface area contributed by atoms with Gasteiger partial charge in [-0.15, -0.1) is 0 Å². The molecule has 0 aromatic carbocycles. The molecule has 0 aliphatic heterocycles. The normalized spacial score (nSPS) is 16.7. The van der Waals surface area contributed by atoms with E-state index < -0.39 is 74.9 Å². The molecule has 0 rings (SSSR count). The molecule has 0 bridgehead atoms. The van der Waals surface area contributed by atoms with E-state index in [2.05, 4.69) is 0 Å². The van der Waals surface area contributed by atoms with Gasteiger partial charge in [0, 0.05) is 0 Å². The van der Waals surface area contributed by atoms with Crippen LogP contribution in [0.5, 0.6) is 0 Å². The first-order valence-corrected chi connectivity index (χ1v) is 8.96. The van der Waals surface area contributed by atoms with Gasteiger partial charge >= 0.3 is 94.3 Å². The first-order valence-electron chi connectivity index (χ1n) is 7.55. The third kappa shape index (κ3) is 4.81. The van der Waals surface area contributed by atoms with Crippen molar-refractivity contribution in [3.05, 3.63) is 0 Å². The van der Waals surface area contributed by atoms with Crippen LogP contribution in [0.3, 0.4) is 0 Å². The van der Waals surface area contributed by atoms with Crippen molar-refractivity contribution in [3.63, 3.8) is 0 Å². The van der Waals surface area contributed by atoms with Crippen LogP contribution in [0.4, 0.5) is 101 Å². The molecule has 0 aliphatic rings. The first-order chi connectivity index (χ1) is 15.8. The van der Waals surface area contributed by atoms with E-state index in [-0.39, 0.29) is 29.6 Å². The van der Waals surface area contributed by atoms with E-state index in [0.717, 1.165) is 0 Å². The Bertz CT molecular complexity index is 1010. The van der Waals surface area contributed by atoms with Gasteiger partial charge < -0.3 is 4.55 Å². The van der Waals surface area contributed by atoms with Gasteiger partial charge in [0.1, 0.15) is 0 Å². The fourth-order valence-electron chi connectivity index (χ4n) is 1.90. The molecule has 0 aromatic heterocycles. The standard InChI is InChI=1S/C11HF23O3S.Na/c12-1(13,2(14,15)4(18,19)6(22,23)8(26,27)10(30,31)32)3(16,17)5(20,21)7(24,25)9(28,29)11(33,34)38(35,36)37;/h(H,35,36,37);/q;+1/p-1. The molecule has 0 unspecified atom stereocenters. The van der Waals surface area contributed by atoms with Crippen molar-refractivity contribution in [1.29, 1.82) is 0 Å². The van der Waals surface area contributed by atoms with Crippen molar-refractivity contribution in [2.75, 3.05) is 0 Å². The fourth-order valence-corrected chi connectivity index (χ4v) is 2.34. The molecule has 28 heteroatoms. The number of rotatable bonds is 10. The van der Waals surface area contributed by atoms with E-state index in [4.69, 9.17) is 0 Å². The van der Waals surface area contributed by atoms with Gasteiger partial charge in [0.05, 0.1) is 0 Å². The zero-order valence-electron chi connectivity index (χ0n) is 16.8. The monoisotopic (exact) mass is 672 g/mol. The number of hydrogen-bond acceptors (Lipinski definition) is 3. The summed E-state index contributed by atoms with van der Waals surface area (Å²) in [5, 5.41) is -8.26. The van der Waals surface area contributed by atoms with Crippen LogP contribution < -0.4 is 29.6 Å². The van der Waals surface area contributed by atoms with Crippen molar-refractivity contribution >= 4 is 10.1 Å². The van der Waals surface area contributed by atoms with Crippen molar-refractivity contribution in [3.8, 4) is 0 Å². The Labute approximate surface area is 218 Å². The van der Waals surface area contributed by atoms with Crippen molar-refractivity contribution < 1.29 is 144 Å². The molecule has 0 heterocycles. The molecule has 0 atom stereocenters. The molecule has 0 amide bonds. The minimum absolute atomic E-state index is 0. The minimum atomic E-state index is -9.59. The summed E-state index contributed by atoms with van der Waals surface area (Å²) in [6, 6.07) is 0. The van der Waals surface area contributed by atoms with Crippen LogP contribution in [-0.2, 0) is 10.1 Å². The van der Waals surface area contributed by atoms with E-state index in [0.29, 0.717) is 0 Å². The third-order valence-corrected chi connectivity index (χ3v) is 5.07. The summed E-state index contributed by atoms with van der Waals surface area (Å²) in [6.45, 7) is 0. The van der Waals surface area contributed by atoms with Crippen LogP contribution in [0.1, 0.15) is 0 Å². The van der Waals surface area contributed by atoms with Gasteiger partial charge in [-0.25, -0.2) is 8.42 Å². The van der Waals surface area contributed by atoms with E-state index >= 15 is 0 Å². The summed E-state index contributed by atoms with van der Waals surface area (Å²) >= 11 is 0. The van der Waals surface area contributed by atoms with Crippen LogP contribution in [0.15, 0.2) is 0 Å². The maximum absolute atomic E-state index is 13.4. The maximum atomic E-state index is 13.4. The topological polar surface area (TPSA) is 57.2 Å². The van der Waals surface area contributed by atoms with E-state index in [1.165, 1.54) is 0 Å². The fraction of sp³-hybridized carbons (Fsp3) is 1.00. The summed E-state index contributed by atoms with van der Waals surface area (Å²) in [5.74, 6) is -83.4. The average Bonchev–Trinajstić information content (AvgIpc) is 2.64. The molecule has 39 heavy (non-hydrogen) atoms. The van der Waals surface area contributed by atoms with Crippen LogP contribution in [0.25, 0.3) is 0 Å². The molecule has 0 radical (unpaired) electrons. The summed E-state index contributed by atoms with van der Waals surface area (Å²) in [6.07, 6.45) is -8.16. The predicted octanol–water partition coefficient (Wildman–Crippen LogP) is 3.41. The molecule has 0 N–H and O–H groups in total. The van der Waals surface area contributed by atoms with Crippen LogP contribution in [0.2, 0.25) is 0 Å². The molecule has 230 valence electrons. The van der Waals surface area contributed by atoms with E-state index in [9.17, 15) is 114 Å². The smallest absolute Gasteiger partial charge is 0.743 e. The van der Waals surface area contributed by atoms with Gasteiger partial charge in [-0.3, -0.25) is 0 Å². The van der Waals surface area contributed by atoms with E-state index in [1.807, 2.05) is 0 Å². The molecule has 3 nitrogen and oxygen atoms in total. The number of hydrogen-bond donors (Lipinski definition) is 0. The van der Waals surface area contributed by atoms with Gasteiger partial charge in [0.25, 0.3) is 0 Å². The zero-order chi connectivity index (χ0) is 32.0. The Morgan fingerprint density at radius 1 is 0.333 bits per heavy atom. The van der Waals surface area contributed by atoms with Crippen molar-refractivity contribution in [2.45, 2.75) is 64.7 Å². The van der Waals surface area contributed by atoms with Gasteiger partial charge in [-0.2, -0.15) is 101 Å². The quantitative estimate of drug-likeness (QED) is 0.203. The maximum Gasteiger partial charge on any atom is 1.00 e. The van der Waals surface area contributed by atoms with Gasteiger partial charge in [-0.05, 0) is 0 Å². The Morgan fingerprint density at radius 3 is 0.641 bits per heavy atom. The van der Waals surface area contributed by atoms with Crippen molar-refractivity contribution in [2.24, 2.45) is 0 Å². The molecule has 0 fully saturated rings. The second-order valence-electron chi connectivity index (χ2n) is 6.64. The Balaban J connectivity index is 0. The summed E-state index contributed by atoms with van der Waals surface area (Å²) in [4.78, 5) is 0. The summed E-state index contributed by atoms with van der Waals surface area (Å²) < 4.78 is 328. The average molecular weight is 672 g/mol. The number of alkyl halides is 23. The van der Waals surface area contributed by atoms with Gasteiger partial charge in [-0.1, -0.05) is 0 Å². The predicted molar refractivity (Wildman–Crippen MR) is 65.2 cm³/mol. The Morgan fingerprint density at radius 2 is 0.487 bits per heavy atom. The minimum Gasteiger partial charge on any atom is -0.743 e. The SMILES string of the molecule is O=S(=O)([O-])C(F)(F)C(F)(F)C(F)(F)C(F)(F)C(F)(F)C(F)(F)C(F)(F)C(F)(F)C(F)(F)C(F)(F)C(F)(F)F.[Na+]. The second-order valence-corrected chi connectivity index (χ2v) is 8.06. The summed E-state index contributed by atoms with van der Waals surface area (Å²) in [5.41, 5.74) is 0. The molecule has 0 saturated carbocycles. The molecular weight excluding hydrogens is 672 g/mol. The van der Waals surface area contributed by atoms with E-state index in [1.54, 1.807) is 0 Å². The Kier molecular flexibility index (Phi) is 10.0. The number of halogens is 23. The van der Waals surface area contributed by atoms with Crippen LogP contribution in [-0.4, -0.2) is 77.7 Å².